The van der Waals surface area contributed by atoms with Gasteiger partial charge in [0.1, 0.15) is 0 Å². The van der Waals surface area contributed by atoms with Gasteiger partial charge in [-0.25, -0.2) is 0 Å². The van der Waals surface area contributed by atoms with Crippen LogP contribution in [0.4, 0.5) is 0 Å². The molecule has 1 aliphatic carbocycles. The summed E-state index contributed by atoms with van der Waals surface area (Å²) < 4.78 is 0. The quantitative estimate of drug-likeness (QED) is 0.745. The van der Waals surface area contributed by atoms with Gasteiger partial charge in [-0.2, -0.15) is 0 Å². The average molecular weight is 239 g/mol. The first kappa shape index (κ1) is 15.0. The van der Waals surface area contributed by atoms with Crippen LogP contribution in [0.15, 0.2) is 0 Å². The van der Waals surface area contributed by atoms with Gasteiger partial charge in [-0.05, 0) is 37.1 Å². The summed E-state index contributed by atoms with van der Waals surface area (Å²) in [5, 5.41) is 3.83. The molecule has 17 heavy (non-hydrogen) atoms. The highest BCUT2D eigenvalue weighted by Crippen LogP contribution is 2.33. The van der Waals surface area contributed by atoms with Crippen LogP contribution in [0.25, 0.3) is 0 Å². The minimum absolute atomic E-state index is 0.402. The molecule has 1 nitrogen and oxygen atoms in total. The Labute approximate surface area is 109 Å². The minimum atomic E-state index is 0.402. The zero-order valence-corrected chi connectivity index (χ0v) is 12.5. The maximum Gasteiger partial charge on any atom is 0.0144 e. The van der Waals surface area contributed by atoms with Crippen molar-refractivity contribution in [3.05, 3.63) is 0 Å². The second-order valence-corrected chi connectivity index (χ2v) is 6.90. The molecule has 0 aliphatic heterocycles. The lowest BCUT2D eigenvalue weighted by Crippen LogP contribution is -2.46. The molecule has 0 aromatic rings. The molecule has 0 heterocycles. The topological polar surface area (TPSA) is 12.0 Å². The summed E-state index contributed by atoms with van der Waals surface area (Å²) in [5.74, 6) is 0.904. The van der Waals surface area contributed by atoms with Crippen LogP contribution in [0.3, 0.4) is 0 Å². The van der Waals surface area contributed by atoms with E-state index in [0.717, 1.165) is 5.92 Å². The molecular weight excluding hydrogens is 206 g/mol. The molecule has 1 aliphatic rings. The summed E-state index contributed by atoms with van der Waals surface area (Å²) in [6.07, 6.45) is 11.4. The van der Waals surface area contributed by atoms with E-state index in [2.05, 4.69) is 33.0 Å². The molecule has 1 heteroatoms. The maximum atomic E-state index is 3.83. The lowest BCUT2D eigenvalue weighted by atomic mass is 9.74. The molecule has 1 unspecified atom stereocenters. The van der Waals surface area contributed by atoms with Gasteiger partial charge in [-0.3, -0.25) is 0 Å². The second-order valence-electron chi connectivity index (χ2n) is 6.90. The van der Waals surface area contributed by atoms with Crippen LogP contribution in [0.2, 0.25) is 0 Å². The third-order valence-corrected chi connectivity index (χ3v) is 4.17. The van der Waals surface area contributed by atoms with E-state index in [1.807, 2.05) is 0 Å². The van der Waals surface area contributed by atoms with Crippen LogP contribution in [0.1, 0.15) is 79.1 Å². The molecule has 0 aromatic carbocycles. The highest BCUT2D eigenvalue weighted by molar-refractivity contribution is 4.87. The molecule has 1 fully saturated rings. The number of nitrogens with one attached hydrogen (secondary N) is 1. The zero-order valence-electron chi connectivity index (χ0n) is 12.5. The minimum Gasteiger partial charge on any atom is -0.313 e. The van der Waals surface area contributed by atoms with E-state index in [1.165, 1.54) is 57.9 Å². The van der Waals surface area contributed by atoms with Crippen molar-refractivity contribution in [2.75, 3.05) is 6.54 Å². The van der Waals surface area contributed by atoms with Crippen LogP contribution >= 0.6 is 0 Å². The lowest BCUT2D eigenvalue weighted by molar-refractivity contribution is 0.166. The first-order chi connectivity index (χ1) is 8.05. The standard InChI is InChI=1S/C16H33N/c1-5-13-17-15(16(2,3)4)14-11-9-7-6-8-10-12-14/h14-15,17H,5-13H2,1-4H3. The monoisotopic (exact) mass is 239 g/mol. The number of hydrogen-bond acceptors (Lipinski definition) is 1. The molecule has 1 atom stereocenters. The van der Waals surface area contributed by atoms with Crippen molar-refractivity contribution in [1.82, 2.24) is 5.32 Å². The summed E-state index contributed by atoms with van der Waals surface area (Å²) in [4.78, 5) is 0. The molecule has 1 rings (SSSR count). The molecule has 0 saturated heterocycles. The van der Waals surface area contributed by atoms with Crippen molar-refractivity contribution >= 4 is 0 Å². The van der Waals surface area contributed by atoms with Crippen molar-refractivity contribution in [1.29, 1.82) is 0 Å². The van der Waals surface area contributed by atoms with E-state index >= 15 is 0 Å². The molecular formula is C16H33N. The highest BCUT2D eigenvalue weighted by Gasteiger charge is 2.31. The molecule has 0 spiro atoms. The SMILES string of the molecule is CCCNC(C1CCCCCCC1)C(C)(C)C. The van der Waals surface area contributed by atoms with Crippen LogP contribution in [-0.2, 0) is 0 Å². The van der Waals surface area contributed by atoms with E-state index in [0.29, 0.717) is 11.5 Å². The van der Waals surface area contributed by atoms with Crippen molar-refractivity contribution in [3.8, 4) is 0 Å². The largest absolute Gasteiger partial charge is 0.313 e. The van der Waals surface area contributed by atoms with Gasteiger partial charge >= 0.3 is 0 Å². The number of rotatable bonds is 4. The first-order valence-electron chi connectivity index (χ1n) is 7.79. The van der Waals surface area contributed by atoms with Crippen molar-refractivity contribution < 1.29 is 0 Å². The molecule has 102 valence electrons. The van der Waals surface area contributed by atoms with Gasteiger partial charge in [-0.15, -0.1) is 0 Å². The summed E-state index contributed by atoms with van der Waals surface area (Å²) >= 11 is 0. The van der Waals surface area contributed by atoms with Gasteiger partial charge < -0.3 is 5.32 Å². The van der Waals surface area contributed by atoms with Gasteiger partial charge in [-0.1, -0.05) is 59.8 Å². The third-order valence-electron chi connectivity index (χ3n) is 4.17. The summed E-state index contributed by atoms with van der Waals surface area (Å²) in [7, 11) is 0. The van der Waals surface area contributed by atoms with Crippen molar-refractivity contribution in [3.63, 3.8) is 0 Å². The Morgan fingerprint density at radius 3 is 2.00 bits per heavy atom. The van der Waals surface area contributed by atoms with Crippen molar-refractivity contribution in [2.45, 2.75) is 85.1 Å². The predicted octanol–water partition coefficient (Wildman–Crippen LogP) is 4.76. The summed E-state index contributed by atoms with van der Waals surface area (Å²) in [6.45, 7) is 10.7. The zero-order chi connectivity index (χ0) is 12.7. The van der Waals surface area contributed by atoms with Crippen LogP contribution in [-0.4, -0.2) is 12.6 Å². The van der Waals surface area contributed by atoms with Gasteiger partial charge in [0, 0.05) is 6.04 Å². The van der Waals surface area contributed by atoms with Gasteiger partial charge in [0.2, 0.25) is 0 Å². The Kier molecular flexibility index (Phi) is 6.54. The summed E-state index contributed by atoms with van der Waals surface area (Å²) in [5.41, 5.74) is 0.402. The van der Waals surface area contributed by atoms with Crippen LogP contribution in [0.5, 0.6) is 0 Å². The fraction of sp³-hybridized carbons (Fsp3) is 1.00. The van der Waals surface area contributed by atoms with Crippen LogP contribution in [0, 0.1) is 11.3 Å². The van der Waals surface area contributed by atoms with Crippen LogP contribution < -0.4 is 5.32 Å². The molecule has 1 N–H and O–H groups in total. The third kappa shape index (κ3) is 5.42. The smallest absolute Gasteiger partial charge is 0.0144 e. The van der Waals surface area contributed by atoms with E-state index in [-0.39, 0.29) is 0 Å². The second kappa shape index (κ2) is 7.41. The molecule has 0 radical (unpaired) electrons. The Balaban J connectivity index is 2.58. The maximum absolute atomic E-state index is 3.83. The highest BCUT2D eigenvalue weighted by atomic mass is 14.9. The van der Waals surface area contributed by atoms with Crippen molar-refractivity contribution in [2.24, 2.45) is 11.3 Å². The van der Waals surface area contributed by atoms with Gasteiger partial charge in [0.25, 0.3) is 0 Å². The van der Waals surface area contributed by atoms with E-state index < -0.39 is 0 Å². The average Bonchev–Trinajstić information content (AvgIpc) is 2.19. The Hall–Kier alpha value is -0.0400. The van der Waals surface area contributed by atoms with E-state index in [4.69, 9.17) is 0 Å². The summed E-state index contributed by atoms with van der Waals surface area (Å²) in [6, 6.07) is 0.709. The van der Waals surface area contributed by atoms with E-state index in [9.17, 15) is 0 Å². The fourth-order valence-electron chi connectivity index (χ4n) is 3.30. The molecule has 0 bridgehead atoms. The van der Waals surface area contributed by atoms with Gasteiger partial charge in [0.15, 0.2) is 0 Å². The first-order valence-corrected chi connectivity index (χ1v) is 7.79. The number of hydrogen-bond donors (Lipinski definition) is 1. The lowest BCUT2D eigenvalue weighted by Gasteiger charge is -2.39. The van der Waals surface area contributed by atoms with Gasteiger partial charge in [0.05, 0.1) is 0 Å². The Morgan fingerprint density at radius 1 is 1.00 bits per heavy atom. The Bertz CT molecular complexity index is 184. The fourth-order valence-corrected chi connectivity index (χ4v) is 3.30. The van der Waals surface area contributed by atoms with E-state index in [1.54, 1.807) is 0 Å². The molecule has 0 amide bonds. The molecule has 1 saturated carbocycles. The normalized spacial score (nSPS) is 21.9. The predicted molar refractivity (Wildman–Crippen MR) is 77.3 cm³/mol. The Morgan fingerprint density at radius 2 is 1.53 bits per heavy atom. The molecule has 0 aromatic heterocycles.